The molecule has 2 aromatic rings. The van der Waals surface area contributed by atoms with Crippen molar-refractivity contribution in [2.45, 2.75) is 5.38 Å². The van der Waals surface area contributed by atoms with Crippen molar-refractivity contribution < 1.29 is 0 Å². The largest absolute Gasteiger partial charge is 0.360 e. The molecule has 0 aliphatic rings. The van der Waals surface area contributed by atoms with Gasteiger partial charge in [0.15, 0.2) is 0 Å². The number of hydrogen-bond donors (Lipinski definition) is 2. The molecule has 0 fully saturated rings. The molecule has 0 aliphatic carbocycles. The number of nitrogens with one attached hydrogen (secondary N) is 2. The molecule has 0 aromatic carbocycles. The minimum atomic E-state index is -0.0811. The molecule has 5 heteroatoms. The van der Waals surface area contributed by atoms with Crippen molar-refractivity contribution in [2.24, 2.45) is 9.98 Å². The SMILES string of the molecule is ClC(C/N=C/c1ccc[nH]1)C/N=C/c1ccc[nH]1. The topological polar surface area (TPSA) is 56.3 Å². The molecule has 0 bridgehead atoms. The predicted octanol–water partition coefficient (Wildman–Crippen LogP) is 2.49. The first-order valence-electron chi connectivity index (χ1n) is 5.75. The molecule has 94 valence electrons. The lowest BCUT2D eigenvalue weighted by Crippen LogP contribution is -2.08. The van der Waals surface area contributed by atoms with Gasteiger partial charge in [-0.3, -0.25) is 9.98 Å². The number of H-pyrrole nitrogens is 2. The average Bonchev–Trinajstić information content (AvgIpc) is 3.01. The molecular formula is C13H15ClN4. The van der Waals surface area contributed by atoms with Gasteiger partial charge >= 0.3 is 0 Å². The van der Waals surface area contributed by atoms with Gasteiger partial charge in [0.25, 0.3) is 0 Å². The van der Waals surface area contributed by atoms with Gasteiger partial charge in [0, 0.05) is 24.8 Å². The zero-order chi connectivity index (χ0) is 12.6. The van der Waals surface area contributed by atoms with E-state index in [-0.39, 0.29) is 5.38 Å². The van der Waals surface area contributed by atoms with E-state index in [1.54, 1.807) is 12.4 Å². The minimum absolute atomic E-state index is 0.0811. The summed E-state index contributed by atoms with van der Waals surface area (Å²) in [5.74, 6) is 0. The number of alkyl halides is 1. The Labute approximate surface area is 111 Å². The zero-order valence-electron chi connectivity index (χ0n) is 9.88. The Morgan fingerprint density at radius 3 is 1.89 bits per heavy atom. The van der Waals surface area contributed by atoms with Gasteiger partial charge < -0.3 is 9.97 Å². The minimum Gasteiger partial charge on any atom is -0.360 e. The molecular weight excluding hydrogens is 248 g/mol. The van der Waals surface area contributed by atoms with Crippen LogP contribution in [0.25, 0.3) is 0 Å². The summed E-state index contributed by atoms with van der Waals surface area (Å²) < 4.78 is 0. The van der Waals surface area contributed by atoms with E-state index in [2.05, 4.69) is 20.0 Å². The first-order chi connectivity index (χ1) is 8.84. The van der Waals surface area contributed by atoms with Crippen LogP contribution >= 0.6 is 11.6 Å². The molecule has 0 radical (unpaired) electrons. The van der Waals surface area contributed by atoms with Crippen molar-refractivity contribution in [3.8, 4) is 0 Å². The summed E-state index contributed by atoms with van der Waals surface area (Å²) in [7, 11) is 0. The van der Waals surface area contributed by atoms with Gasteiger partial charge in [-0.05, 0) is 24.3 Å². The molecule has 4 nitrogen and oxygen atoms in total. The van der Waals surface area contributed by atoms with Crippen LogP contribution in [0.3, 0.4) is 0 Å². The Kier molecular flexibility index (Phi) is 4.78. The highest BCUT2D eigenvalue weighted by molar-refractivity contribution is 6.21. The quantitative estimate of drug-likeness (QED) is 0.594. The number of halogens is 1. The van der Waals surface area contributed by atoms with Crippen LogP contribution in [0.15, 0.2) is 46.6 Å². The maximum absolute atomic E-state index is 6.11. The van der Waals surface area contributed by atoms with Crippen LogP contribution in [0.4, 0.5) is 0 Å². The molecule has 0 amide bonds. The van der Waals surface area contributed by atoms with Crippen LogP contribution in [-0.2, 0) is 0 Å². The monoisotopic (exact) mass is 262 g/mol. The van der Waals surface area contributed by atoms with Crippen LogP contribution in [0.2, 0.25) is 0 Å². The summed E-state index contributed by atoms with van der Waals surface area (Å²) in [6.07, 6.45) is 7.29. The number of aromatic amines is 2. The summed E-state index contributed by atoms with van der Waals surface area (Å²) in [5.41, 5.74) is 1.96. The van der Waals surface area contributed by atoms with Gasteiger partial charge in [0.1, 0.15) is 0 Å². The van der Waals surface area contributed by atoms with Crippen LogP contribution < -0.4 is 0 Å². The molecule has 0 saturated carbocycles. The lowest BCUT2D eigenvalue weighted by molar-refractivity contribution is 0.859. The molecule has 18 heavy (non-hydrogen) atoms. The predicted molar refractivity (Wildman–Crippen MR) is 76.1 cm³/mol. The third-order valence-corrected chi connectivity index (χ3v) is 2.59. The van der Waals surface area contributed by atoms with Gasteiger partial charge in [-0.1, -0.05) is 0 Å². The first-order valence-corrected chi connectivity index (χ1v) is 6.19. The van der Waals surface area contributed by atoms with Crippen molar-refractivity contribution in [3.63, 3.8) is 0 Å². The lowest BCUT2D eigenvalue weighted by Gasteiger charge is -2.00. The van der Waals surface area contributed by atoms with Crippen molar-refractivity contribution in [1.82, 2.24) is 9.97 Å². The lowest BCUT2D eigenvalue weighted by atomic mass is 10.4. The van der Waals surface area contributed by atoms with Gasteiger partial charge in [-0.15, -0.1) is 11.6 Å². The van der Waals surface area contributed by atoms with Gasteiger partial charge in [-0.25, -0.2) is 0 Å². The first kappa shape index (κ1) is 12.6. The normalized spacial score (nSPS) is 12.1. The highest BCUT2D eigenvalue weighted by Gasteiger charge is 2.00. The number of aliphatic imine (C=N–C) groups is 2. The summed E-state index contributed by atoms with van der Waals surface area (Å²) in [5, 5.41) is -0.0811. The molecule has 2 heterocycles. The summed E-state index contributed by atoms with van der Waals surface area (Å²) in [4.78, 5) is 14.6. The van der Waals surface area contributed by atoms with E-state index in [1.807, 2.05) is 36.7 Å². The second-order valence-electron chi connectivity index (χ2n) is 3.84. The van der Waals surface area contributed by atoms with Gasteiger partial charge in [-0.2, -0.15) is 0 Å². The number of hydrogen-bond acceptors (Lipinski definition) is 2. The second-order valence-corrected chi connectivity index (χ2v) is 4.45. The Bertz CT molecular complexity index is 439. The highest BCUT2D eigenvalue weighted by atomic mass is 35.5. The van der Waals surface area contributed by atoms with Crippen LogP contribution in [0, 0.1) is 0 Å². The number of rotatable bonds is 6. The van der Waals surface area contributed by atoms with Crippen LogP contribution in [0.1, 0.15) is 11.4 Å². The fourth-order valence-electron chi connectivity index (χ4n) is 1.44. The molecule has 0 aliphatic heterocycles. The fraction of sp³-hybridized carbons (Fsp3) is 0.231. The number of aromatic nitrogens is 2. The molecule has 0 spiro atoms. The molecule has 2 rings (SSSR count). The maximum atomic E-state index is 6.11. The van der Waals surface area contributed by atoms with E-state index in [0.29, 0.717) is 13.1 Å². The van der Waals surface area contributed by atoms with Crippen molar-refractivity contribution >= 4 is 24.0 Å². The van der Waals surface area contributed by atoms with Gasteiger partial charge in [0.2, 0.25) is 0 Å². The van der Waals surface area contributed by atoms with Crippen molar-refractivity contribution in [1.29, 1.82) is 0 Å². The standard InChI is InChI=1S/C13H15ClN4/c14-11(7-15-9-12-3-1-5-17-12)8-16-10-13-4-2-6-18-13/h1-6,9-11,17-18H,7-8H2/b15-9+,16-10+. The Hall–Kier alpha value is -1.81. The Morgan fingerprint density at radius 1 is 1.00 bits per heavy atom. The molecule has 0 atom stereocenters. The zero-order valence-corrected chi connectivity index (χ0v) is 10.6. The third kappa shape index (κ3) is 4.22. The van der Waals surface area contributed by atoms with E-state index < -0.39 is 0 Å². The fourth-order valence-corrected chi connectivity index (χ4v) is 1.60. The van der Waals surface area contributed by atoms with E-state index >= 15 is 0 Å². The Balaban J connectivity index is 1.70. The molecule has 2 aromatic heterocycles. The average molecular weight is 263 g/mol. The molecule has 0 saturated heterocycles. The summed E-state index contributed by atoms with van der Waals surface area (Å²) in [6, 6.07) is 7.77. The third-order valence-electron chi connectivity index (χ3n) is 2.31. The van der Waals surface area contributed by atoms with Crippen LogP contribution in [-0.4, -0.2) is 40.9 Å². The van der Waals surface area contributed by atoms with Gasteiger partial charge in [0.05, 0.1) is 29.9 Å². The molecule has 0 unspecified atom stereocenters. The van der Waals surface area contributed by atoms with Crippen LogP contribution in [0.5, 0.6) is 0 Å². The Morgan fingerprint density at radius 2 is 1.50 bits per heavy atom. The molecule has 2 N–H and O–H groups in total. The highest BCUT2D eigenvalue weighted by Crippen LogP contribution is 1.99. The van der Waals surface area contributed by atoms with E-state index in [4.69, 9.17) is 11.6 Å². The van der Waals surface area contributed by atoms with E-state index in [1.165, 1.54) is 0 Å². The summed E-state index contributed by atoms with van der Waals surface area (Å²) in [6.45, 7) is 1.12. The maximum Gasteiger partial charge on any atom is 0.0726 e. The van der Waals surface area contributed by atoms with Crippen molar-refractivity contribution in [3.05, 3.63) is 48.0 Å². The second kappa shape index (κ2) is 6.81. The summed E-state index contributed by atoms with van der Waals surface area (Å²) >= 11 is 6.11. The van der Waals surface area contributed by atoms with E-state index in [0.717, 1.165) is 11.4 Å². The smallest absolute Gasteiger partial charge is 0.0726 e. The number of nitrogens with zero attached hydrogens (tertiary/aromatic N) is 2. The van der Waals surface area contributed by atoms with E-state index in [9.17, 15) is 0 Å². The van der Waals surface area contributed by atoms with Crippen molar-refractivity contribution in [2.75, 3.05) is 13.1 Å².